The zero-order chi connectivity index (χ0) is 9.95. The van der Waals surface area contributed by atoms with E-state index in [1.54, 1.807) is 6.92 Å². The summed E-state index contributed by atoms with van der Waals surface area (Å²) >= 11 is 0. The number of rotatable bonds is 0. The Bertz CT molecular complexity index is 227. The average molecular weight is 182 g/mol. The van der Waals surface area contributed by atoms with Gasteiger partial charge in [0.25, 0.3) is 0 Å². The Morgan fingerprint density at radius 1 is 1.08 bits per heavy atom. The molecule has 0 aromatic carbocycles. The summed E-state index contributed by atoms with van der Waals surface area (Å²) < 4.78 is 13.6. The molecule has 1 atom stereocenters. The van der Waals surface area contributed by atoms with E-state index in [0.717, 1.165) is 25.7 Å². The molecule has 0 radical (unpaired) electrons. The lowest BCUT2D eigenvalue weighted by Crippen LogP contribution is -2.14. The number of halogens is 1. The van der Waals surface area contributed by atoms with Gasteiger partial charge >= 0.3 is 0 Å². The summed E-state index contributed by atoms with van der Waals surface area (Å²) in [7, 11) is 0. The second-order valence-electron chi connectivity index (χ2n) is 5.05. The molecule has 13 heavy (non-hydrogen) atoms. The van der Waals surface area contributed by atoms with E-state index in [-0.39, 0.29) is 5.41 Å². The zero-order valence-corrected chi connectivity index (χ0v) is 8.91. The summed E-state index contributed by atoms with van der Waals surface area (Å²) in [4.78, 5) is 0. The van der Waals surface area contributed by atoms with Crippen LogP contribution in [-0.4, -0.2) is 5.67 Å². The Morgan fingerprint density at radius 3 is 2.38 bits per heavy atom. The fourth-order valence-corrected chi connectivity index (χ4v) is 1.68. The van der Waals surface area contributed by atoms with Crippen molar-refractivity contribution < 1.29 is 4.39 Å². The highest BCUT2D eigenvalue weighted by Gasteiger charge is 2.23. The lowest BCUT2D eigenvalue weighted by molar-refractivity contribution is 0.241. The Hall–Kier alpha value is -0.510. The third kappa shape index (κ3) is 3.81. The van der Waals surface area contributed by atoms with E-state index >= 15 is 0 Å². The maximum Gasteiger partial charge on any atom is 0.168 e. The maximum atomic E-state index is 13.6. The van der Waals surface area contributed by atoms with Crippen LogP contribution in [0.5, 0.6) is 0 Å². The number of alkyl halides is 1. The molecule has 0 fully saturated rings. The molecule has 0 spiro atoms. The van der Waals surface area contributed by atoms with E-state index in [1.165, 1.54) is 0 Å². The first-order valence-electron chi connectivity index (χ1n) is 5.10. The molecule has 0 bridgehead atoms. The van der Waals surface area contributed by atoms with Crippen LogP contribution in [0.15, 0.2) is 0 Å². The van der Waals surface area contributed by atoms with Crippen LogP contribution in [0.1, 0.15) is 52.9 Å². The van der Waals surface area contributed by atoms with Crippen molar-refractivity contribution in [2.24, 2.45) is 5.41 Å². The molecule has 74 valence electrons. The molecule has 0 aromatic heterocycles. The monoisotopic (exact) mass is 182 g/mol. The normalized spacial score (nSPS) is 33.5. The van der Waals surface area contributed by atoms with Crippen LogP contribution < -0.4 is 0 Å². The summed E-state index contributed by atoms with van der Waals surface area (Å²) in [6, 6.07) is 0. The van der Waals surface area contributed by atoms with Gasteiger partial charge in [0.1, 0.15) is 0 Å². The van der Waals surface area contributed by atoms with Crippen LogP contribution in [-0.2, 0) is 0 Å². The predicted molar refractivity (Wildman–Crippen MR) is 54.2 cm³/mol. The molecule has 0 N–H and O–H groups in total. The lowest BCUT2D eigenvalue weighted by Gasteiger charge is -2.20. The molecule has 1 aliphatic carbocycles. The van der Waals surface area contributed by atoms with Gasteiger partial charge in [0.05, 0.1) is 0 Å². The average Bonchev–Trinajstić information content (AvgIpc) is 2.01. The molecular weight excluding hydrogens is 163 g/mol. The summed E-state index contributed by atoms with van der Waals surface area (Å²) in [5.41, 5.74) is -0.978. The van der Waals surface area contributed by atoms with Crippen molar-refractivity contribution in [3.05, 3.63) is 0 Å². The fourth-order valence-electron chi connectivity index (χ4n) is 1.68. The van der Waals surface area contributed by atoms with Gasteiger partial charge in [0, 0.05) is 6.42 Å². The minimum absolute atomic E-state index is 0.271. The van der Waals surface area contributed by atoms with Crippen molar-refractivity contribution in [2.75, 3.05) is 0 Å². The first kappa shape index (κ1) is 10.6. The van der Waals surface area contributed by atoms with Gasteiger partial charge in [-0.2, -0.15) is 0 Å². The van der Waals surface area contributed by atoms with Gasteiger partial charge in [-0.15, -0.1) is 0 Å². The quantitative estimate of drug-likeness (QED) is 0.501. The predicted octanol–water partition coefficient (Wildman–Crippen LogP) is 3.71. The van der Waals surface area contributed by atoms with E-state index < -0.39 is 5.67 Å². The molecule has 0 aliphatic heterocycles. The first-order chi connectivity index (χ1) is 5.91. The van der Waals surface area contributed by atoms with Crippen molar-refractivity contribution in [2.45, 2.75) is 58.5 Å². The van der Waals surface area contributed by atoms with Gasteiger partial charge in [-0.25, -0.2) is 4.39 Å². The summed E-state index contributed by atoms with van der Waals surface area (Å²) in [5, 5.41) is 0. The van der Waals surface area contributed by atoms with Crippen LogP contribution in [0.3, 0.4) is 0 Å². The number of hydrogen-bond donors (Lipinski definition) is 0. The number of hydrogen-bond acceptors (Lipinski definition) is 0. The molecule has 0 aromatic rings. The van der Waals surface area contributed by atoms with Crippen molar-refractivity contribution in [3.8, 4) is 11.8 Å². The Kier molecular flexibility index (Phi) is 3.01. The van der Waals surface area contributed by atoms with Gasteiger partial charge in [-0.1, -0.05) is 32.1 Å². The van der Waals surface area contributed by atoms with E-state index in [4.69, 9.17) is 0 Å². The van der Waals surface area contributed by atoms with Crippen LogP contribution in [0.25, 0.3) is 0 Å². The van der Waals surface area contributed by atoms with Crippen LogP contribution >= 0.6 is 0 Å². The van der Waals surface area contributed by atoms with E-state index in [0.29, 0.717) is 6.42 Å². The molecule has 0 saturated carbocycles. The van der Waals surface area contributed by atoms with Crippen molar-refractivity contribution in [1.29, 1.82) is 0 Å². The van der Waals surface area contributed by atoms with Crippen molar-refractivity contribution in [1.82, 2.24) is 0 Å². The van der Waals surface area contributed by atoms with Gasteiger partial charge in [0.15, 0.2) is 5.67 Å². The maximum absolute atomic E-state index is 13.6. The molecule has 0 nitrogen and oxygen atoms in total. The van der Waals surface area contributed by atoms with E-state index in [1.807, 2.05) is 0 Å². The zero-order valence-electron chi connectivity index (χ0n) is 8.91. The van der Waals surface area contributed by atoms with Crippen molar-refractivity contribution in [3.63, 3.8) is 0 Å². The highest BCUT2D eigenvalue weighted by molar-refractivity contribution is 5.13. The van der Waals surface area contributed by atoms with Crippen molar-refractivity contribution >= 4 is 0 Å². The van der Waals surface area contributed by atoms with Crippen LogP contribution in [0.4, 0.5) is 4.39 Å². The Morgan fingerprint density at radius 2 is 1.69 bits per heavy atom. The summed E-state index contributed by atoms with van der Waals surface area (Å²) in [6.07, 6.45) is 4.67. The third-order valence-electron chi connectivity index (χ3n) is 2.67. The molecule has 1 rings (SSSR count). The SMILES string of the molecule is CC1(F)C#CCC(C)(C)CCCC1. The molecule has 0 saturated heterocycles. The minimum atomic E-state index is -1.25. The molecule has 1 heteroatoms. The first-order valence-corrected chi connectivity index (χ1v) is 5.10. The molecule has 0 heterocycles. The summed E-state index contributed by atoms with van der Waals surface area (Å²) in [5.74, 6) is 5.72. The minimum Gasteiger partial charge on any atom is -0.230 e. The second kappa shape index (κ2) is 3.70. The van der Waals surface area contributed by atoms with Gasteiger partial charge in [0.2, 0.25) is 0 Å². The smallest absolute Gasteiger partial charge is 0.168 e. The third-order valence-corrected chi connectivity index (χ3v) is 2.67. The highest BCUT2D eigenvalue weighted by Crippen LogP contribution is 2.30. The standard InChI is InChI=1S/C12H19F/c1-11(2)7-4-5-9-12(3,13)10-6-8-11/h4-5,7-9H2,1-3H3. The summed E-state index contributed by atoms with van der Waals surface area (Å²) in [6.45, 7) is 6.02. The Labute approximate surface area is 80.9 Å². The van der Waals surface area contributed by atoms with Crippen LogP contribution in [0, 0.1) is 17.3 Å². The van der Waals surface area contributed by atoms with E-state index in [9.17, 15) is 4.39 Å². The fraction of sp³-hybridized carbons (Fsp3) is 0.833. The molecular formula is C12H19F. The highest BCUT2D eigenvalue weighted by atomic mass is 19.1. The van der Waals surface area contributed by atoms with Gasteiger partial charge < -0.3 is 0 Å². The van der Waals surface area contributed by atoms with E-state index in [2.05, 4.69) is 25.7 Å². The second-order valence-corrected chi connectivity index (χ2v) is 5.05. The largest absolute Gasteiger partial charge is 0.230 e. The van der Waals surface area contributed by atoms with Crippen LogP contribution in [0.2, 0.25) is 0 Å². The topological polar surface area (TPSA) is 0 Å². The van der Waals surface area contributed by atoms with Gasteiger partial charge in [-0.05, 0) is 31.6 Å². The molecule has 1 unspecified atom stereocenters. The molecule has 1 aliphatic rings. The lowest BCUT2D eigenvalue weighted by atomic mass is 9.84. The molecule has 0 amide bonds. The van der Waals surface area contributed by atoms with Gasteiger partial charge in [-0.3, -0.25) is 0 Å². The Balaban J connectivity index is 2.68.